The molecule has 0 unspecified atom stereocenters. The Morgan fingerprint density at radius 3 is 2.70 bits per heavy atom. The first-order chi connectivity index (χ1) is 9.54. The second-order valence-corrected chi connectivity index (χ2v) is 7.04. The Bertz CT molecular complexity index is 558. The van der Waals surface area contributed by atoms with Crippen molar-refractivity contribution in [1.82, 2.24) is 10.3 Å². The van der Waals surface area contributed by atoms with Gasteiger partial charge in [-0.3, -0.25) is 0 Å². The highest BCUT2D eigenvalue weighted by Crippen LogP contribution is 2.18. The van der Waals surface area contributed by atoms with Crippen LogP contribution in [-0.4, -0.2) is 11.5 Å². The van der Waals surface area contributed by atoms with E-state index in [9.17, 15) is 0 Å². The Morgan fingerprint density at radius 1 is 1.20 bits per heavy atom. The van der Waals surface area contributed by atoms with Crippen LogP contribution in [0.15, 0.2) is 24.4 Å². The van der Waals surface area contributed by atoms with Gasteiger partial charge in [-0.2, -0.15) is 0 Å². The molecular weight excluding hydrogens is 264 g/mol. The fraction of sp³-hybridized carbons (Fsp3) is 0.471. The summed E-state index contributed by atoms with van der Waals surface area (Å²) in [5, 5.41) is 4.67. The molecule has 2 aromatic rings. The van der Waals surface area contributed by atoms with Gasteiger partial charge in [0.15, 0.2) is 0 Å². The standard InChI is InChI=1S/C17H24N2S/c1-12(2)9-18-10-16-11-19-17(20-16)8-15-6-5-13(3)14(4)7-15/h5-7,11-12,18H,8-10H2,1-4H3. The van der Waals surface area contributed by atoms with Gasteiger partial charge < -0.3 is 5.32 Å². The van der Waals surface area contributed by atoms with Gasteiger partial charge in [-0.25, -0.2) is 4.98 Å². The number of thiazole rings is 1. The largest absolute Gasteiger partial charge is 0.312 e. The predicted octanol–water partition coefficient (Wildman–Crippen LogP) is 4.10. The van der Waals surface area contributed by atoms with Gasteiger partial charge in [-0.05, 0) is 43.0 Å². The average Bonchev–Trinajstić information content (AvgIpc) is 2.81. The summed E-state index contributed by atoms with van der Waals surface area (Å²) in [5.41, 5.74) is 4.06. The summed E-state index contributed by atoms with van der Waals surface area (Å²) in [6.45, 7) is 10.8. The number of aromatic nitrogens is 1. The van der Waals surface area contributed by atoms with Crippen LogP contribution in [0.4, 0.5) is 0 Å². The minimum Gasteiger partial charge on any atom is -0.312 e. The van der Waals surface area contributed by atoms with E-state index in [0.717, 1.165) is 19.5 Å². The van der Waals surface area contributed by atoms with E-state index in [1.54, 1.807) is 0 Å². The molecule has 2 rings (SSSR count). The molecule has 1 heterocycles. The van der Waals surface area contributed by atoms with Crippen LogP contribution in [0.5, 0.6) is 0 Å². The Morgan fingerprint density at radius 2 is 2.00 bits per heavy atom. The van der Waals surface area contributed by atoms with E-state index in [-0.39, 0.29) is 0 Å². The molecule has 3 heteroatoms. The molecule has 1 aromatic heterocycles. The van der Waals surface area contributed by atoms with Crippen LogP contribution in [0.2, 0.25) is 0 Å². The molecule has 0 saturated heterocycles. The number of nitrogens with one attached hydrogen (secondary N) is 1. The highest BCUT2D eigenvalue weighted by molar-refractivity contribution is 7.11. The molecular formula is C17H24N2S. The lowest BCUT2D eigenvalue weighted by atomic mass is 10.0. The first kappa shape index (κ1) is 15.2. The lowest BCUT2D eigenvalue weighted by Gasteiger charge is -2.05. The molecule has 0 bridgehead atoms. The van der Waals surface area contributed by atoms with Crippen molar-refractivity contribution in [2.45, 2.75) is 40.7 Å². The van der Waals surface area contributed by atoms with Gasteiger partial charge in [0.2, 0.25) is 0 Å². The summed E-state index contributed by atoms with van der Waals surface area (Å²) in [6.07, 6.45) is 2.95. The minimum atomic E-state index is 0.693. The zero-order valence-corrected chi connectivity index (χ0v) is 13.7. The Labute approximate surface area is 126 Å². The predicted molar refractivity (Wildman–Crippen MR) is 87.4 cm³/mol. The van der Waals surface area contributed by atoms with Crippen LogP contribution in [0.1, 0.15) is 40.4 Å². The lowest BCUT2D eigenvalue weighted by molar-refractivity contribution is 0.554. The number of aryl methyl sites for hydroxylation is 2. The monoisotopic (exact) mass is 288 g/mol. The maximum absolute atomic E-state index is 4.54. The normalized spacial score (nSPS) is 11.2. The van der Waals surface area contributed by atoms with E-state index in [0.29, 0.717) is 5.92 Å². The maximum atomic E-state index is 4.54. The van der Waals surface area contributed by atoms with Gasteiger partial charge in [0, 0.05) is 24.0 Å². The first-order valence-electron chi connectivity index (χ1n) is 7.25. The van der Waals surface area contributed by atoms with Crippen molar-refractivity contribution < 1.29 is 0 Å². The third kappa shape index (κ3) is 4.43. The van der Waals surface area contributed by atoms with Crippen LogP contribution in [-0.2, 0) is 13.0 Å². The van der Waals surface area contributed by atoms with E-state index in [1.165, 1.54) is 26.6 Å². The van der Waals surface area contributed by atoms with Gasteiger partial charge >= 0.3 is 0 Å². The smallest absolute Gasteiger partial charge is 0.0972 e. The topological polar surface area (TPSA) is 24.9 Å². The molecule has 0 aliphatic rings. The Hall–Kier alpha value is -1.19. The third-order valence-electron chi connectivity index (χ3n) is 3.38. The second kappa shape index (κ2) is 7.00. The molecule has 108 valence electrons. The zero-order chi connectivity index (χ0) is 14.5. The highest BCUT2D eigenvalue weighted by Gasteiger charge is 2.04. The van der Waals surface area contributed by atoms with Crippen molar-refractivity contribution in [2.24, 2.45) is 5.92 Å². The number of rotatable bonds is 6. The molecule has 2 nitrogen and oxygen atoms in total. The minimum absolute atomic E-state index is 0.693. The fourth-order valence-corrected chi connectivity index (χ4v) is 3.01. The third-order valence-corrected chi connectivity index (χ3v) is 4.38. The zero-order valence-electron chi connectivity index (χ0n) is 12.9. The summed E-state index contributed by atoms with van der Waals surface area (Å²) >= 11 is 1.82. The molecule has 0 spiro atoms. The number of benzene rings is 1. The number of hydrogen-bond acceptors (Lipinski definition) is 3. The number of nitrogens with zero attached hydrogens (tertiary/aromatic N) is 1. The van der Waals surface area contributed by atoms with Crippen LogP contribution in [0, 0.1) is 19.8 Å². The summed E-state index contributed by atoms with van der Waals surface area (Å²) in [7, 11) is 0. The Kier molecular flexibility index (Phi) is 5.32. The maximum Gasteiger partial charge on any atom is 0.0972 e. The van der Waals surface area contributed by atoms with Crippen molar-refractivity contribution in [2.75, 3.05) is 6.54 Å². The van der Waals surface area contributed by atoms with E-state index < -0.39 is 0 Å². The van der Waals surface area contributed by atoms with Gasteiger partial charge in [0.05, 0.1) is 5.01 Å². The molecule has 0 amide bonds. The van der Waals surface area contributed by atoms with Gasteiger partial charge in [-0.15, -0.1) is 11.3 Å². The lowest BCUT2D eigenvalue weighted by Crippen LogP contribution is -2.18. The summed E-state index contributed by atoms with van der Waals surface area (Å²) in [5.74, 6) is 0.693. The fourth-order valence-electron chi connectivity index (χ4n) is 2.08. The van der Waals surface area contributed by atoms with Gasteiger partial charge in [-0.1, -0.05) is 32.0 Å². The van der Waals surface area contributed by atoms with E-state index in [2.05, 4.69) is 56.2 Å². The quantitative estimate of drug-likeness (QED) is 0.865. The van der Waals surface area contributed by atoms with Crippen LogP contribution in [0.25, 0.3) is 0 Å². The Balaban J connectivity index is 1.93. The van der Waals surface area contributed by atoms with Crippen molar-refractivity contribution in [3.63, 3.8) is 0 Å². The van der Waals surface area contributed by atoms with Crippen molar-refractivity contribution >= 4 is 11.3 Å². The highest BCUT2D eigenvalue weighted by atomic mass is 32.1. The molecule has 0 radical (unpaired) electrons. The second-order valence-electron chi connectivity index (χ2n) is 5.84. The first-order valence-corrected chi connectivity index (χ1v) is 8.06. The molecule has 0 aliphatic heterocycles. The van der Waals surface area contributed by atoms with E-state index in [1.807, 2.05) is 17.5 Å². The summed E-state index contributed by atoms with van der Waals surface area (Å²) in [4.78, 5) is 5.86. The molecule has 0 atom stereocenters. The van der Waals surface area contributed by atoms with Crippen LogP contribution >= 0.6 is 11.3 Å². The van der Waals surface area contributed by atoms with Gasteiger partial charge in [0.25, 0.3) is 0 Å². The molecule has 0 saturated carbocycles. The van der Waals surface area contributed by atoms with Crippen LogP contribution < -0.4 is 5.32 Å². The molecule has 20 heavy (non-hydrogen) atoms. The van der Waals surface area contributed by atoms with Crippen molar-refractivity contribution in [3.8, 4) is 0 Å². The van der Waals surface area contributed by atoms with Crippen molar-refractivity contribution in [1.29, 1.82) is 0 Å². The van der Waals surface area contributed by atoms with Crippen LogP contribution in [0.3, 0.4) is 0 Å². The van der Waals surface area contributed by atoms with Gasteiger partial charge in [0.1, 0.15) is 0 Å². The van der Waals surface area contributed by atoms with E-state index in [4.69, 9.17) is 0 Å². The molecule has 1 N–H and O–H groups in total. The summed E-state index contributed by atoms with van der Waals surface area (Å²) in [6, 6.07) is 6.68. The molecule has 1 aromatic carbocycles. The van der Waals surface area contributed by atoms with Crippen molar-refractivity contribution in [3.05, 3.63) is 51.0 Å². The van der Waals surface area contributed by atoms with E-state index >= 15 is 0 Å². The molecule has 0 aliphatic carbocycles. The average molecular weight is 288 g/mol. The number of hydrogen-bond donors (Lipinski definition) is 1. The SMILES string of the molecule is Cc1ccc(Cc2ncc(CNCC(C)C)s2)cc1C. The molecule has 0 fully saturated rings. The summed E-state index contributed by atoms with van der Waals surface area (Å²) < 4.78 is 0.